The lowest BCUT2D eigenvalue weighted by Crippen LogP contribution is -2.23. The summed E-state index contributed by atoms with van der Waals surface area (Å²) in [6.07, 6.45) is 5.15. The molecule has 1 aliphatic heterocycles. The van der Waals surface area contributed by atoms with Gasteiger partial charge in [-0.05, 0) is 85.8 Å². The molecule has 4 rings (SSSR count). The first-order valence-corrected chi connectivity index (χ1v) is 12.6. The largest absolute Gasteiger partial charge is 0.489 e. The minimum atomic E-state index is -0.244. The van der Waals surface area contributed by atoms with Crippen molar-refractivity contribution in [2.75, 3.05) is 18.0 Å². The van der Waals surface area contributed by atoms with Crippen LogP contribution in [-0.2, 0) is 6.61 Å². The summed E-state index contributed by atoms with van der Waals surface area (Å²) in [5.41, 5.74) is 8.17. The van der Waals surface area contributed by atoms with E-state index in [9.17, 15) is 4.79 Å². The van der Waals surface area contributed by atoms with Crippen molar-refractivity contribution in [3.63, 3.8) is 0 Å². The van der Waals surface area contributed by atoms with Crippen LogP contribution in [-0.4, -0.2) is 24.7 Å². The molecule has 3 aromatic rings. The van der Waals surface area contributed by atoms with E-state index in [0.29, 0.717) is 12.2 Å². The van der Waals surface area contributed by atoms with Gasteiger partial charge < -0.3 is 9.64 Å². The molecule has 0 spiro atoms. The van der Waals surface area contributed by atoms with Gasteiger partial charge in [0.05, 0.1) is 5.71 Å². The van der Waals surface area contributed by atoms with E-state index in [2.05, 4.69) is 39.7 Å². The fourth-order valence-corrected chi connectivity index (χ4v) is 4.25. The molecule has 5 nitrogen and oxygen atoms in total. The molecule has 0 radical (unpaired) electrons. The summed E-state index contributed by atoms with van der Waals surface area (Å²) in [6, 6.07) is 21.3. The van der Waals surface area contributed by atoms with Crippen molar-refractivity contribution in [1.82, 2.24) is 5.43 Å². The van der Waals surface area contributed by atoms with Crippen molar-refractivity contribution in [2.45, 2.75) is 46.1 Å². The summed E-state index contributed by atoms with van der Waals surface area (Å²) in [5.74, 6) is 0.518. The number of rotatable bonds is 7. The number of halogens is 1. The molecule has 6 heteroatoms. The van der Waals surface area contributed by atoms with E-state index in [0.717, 1.165) is 46.3 Å². The Morgan fingerprint density at radius 1 is 0.943 bits per heavy atom. The van der Waals surface area contributed by atoms with E-state index in [1.165, 1.54) is 31.4 Å². The number of hydrazone groups is 1. The Balaban J connectivity index is 1.30. The van der Waals surface area contributed by atoms with Crippen LogP contribution in [0, 0.1) is 6.92 Å². The molecule has 0 atom stereocenters. The van der Waals surface area contributed by atoms with Crippen molar-refractivity contribution >= 4 is 28.9 Å². The van der Waals surface area contributed by atoms with Crippen LogP contribution < -0.4 is 15.1 Å². The lowest BCUT2D eigenvalue weighted by Gasteiger charge is -2.22. The summed E-state index contributed by atoms with van der Waals surface area (Å²) >= 11 is 6.06. The van der Waals surface area contributed by atoms with E-state index < -0.39 is 0 Å². The van der Waals surface area contributed by atoms with Gasteiger partial charge in [-0.2, -0.15) is 5.10 Å². The number of nitrogens with zero attached hydrogens (tertiary/aromatic N) is 2. The van der Waals surface area contributed by atoms with Gasteiger partial charge in [0.15, 0.2) is 0 Å². The molecule has 1 saturated heterocycles. The molecule has 1 N–H and O–H groups in total. The summed E-state index contributed by atoms with van der Waals surface area (Å²) in [5, 5.41) is 5.03. The highest BCUT2D eigenvalue weighted by atomic mass is 35.5. The van der Waals surface area contributed by atoms with Gasteiger partial charge in [0.2, 0.25) is 0 Å². The van der Waals surface area contributed by atoms with Crippen LogP contribution in [0.4, 0.5) is 5.69 Å². The molecule has 0 saturated carbocycles. The molecule has 1 fully saturated rings. The molecule has 3 aromatic carbocycles. The number of benzene rings is 3. The minimum absolute atomic E-state index is 0.244. The Hall–Kier alpha value is -3.31. The fraction of sp³-hybridized carbons (Fsp3) is 0.310. The molecule has 0 aromatic heterocycles. The van der Waals surface area contributed by atoms with Gasteiger partial charge in [-0.15, -0.1) is 0 Å². The van der Waals surface area contributed by atoms with Crippen LogP contribution in [0.1, 0.15) is 59.7 Å². The molecule has 1 aliphatic rings. The maximum Gasteiger partial charge on any atom is 0.271 e. The van der Waals surface area contributed by atoms with Crippen LogP contribution in [0.25, 0.3) is 0 Å². The van der Waals surface area contributed by atoms with Gasteiger partial charge in [0.1, 0.15) is 12.4 Å². The summed E-state index contributed by atoms with van der Waals surface area (Å²) in [4.78, 5) is 15.0. The maximum absolute atomic E-state index is 12.6. The minimum Gasteiger partial charge on any atom is -0.489 e. The quantitative estimate of drug-likeness (QED) is 0.294. The number of hydrogen-bond donors (Lipinski definition) is 1. The van der Waals surface area contributed by atoms with Crippen molar-refractivity contribution in [3.8, 4) is 5.75 Å². The van der Waals surface area contributed by atoms with Crippen molar-refractivity contribution in [2.24, 2.45) is 5.10 Å². The van der Waals surface area contributed by atoms with Gasteiger partial charge >= 0.3 is 0 Å². The molecule has 0 unspecified atom stereocenters. The van der Waals surface area contributed by atoms with Crippen molar-refractivity contribution in [1.29, 1.82) is 0 Å². The summed E-state index contributed by atoms with van der Waals surface area (Å²) < 4.78 is 5.83. The van der Waals surface area contributed by atoms with Crippen LogP contribution in [0.2, 0.25) is 5.02 Å². The number of nitrogens with one attached hydrogen (secondary N) is 1. The van der Waals surface area contributed by atoms with E-state index in [4.69, 9.17) is 16.3 Å². The molecule has 182 valence electrons. The van der Waals surface area contributed by atoms with Gasteiger partial charge in [-0.3, -0.25) is 4.79 Å². The maximum atomic E-state index is 12.6. The number of carbonyl (C=O) groups is 1. The second-order valence-electron chi connectivity index (χ2n) is 8.98. The Bertz CT molecular complexity index is 1170. The number of carbonyl (C=O) groups excluding carboxylic acids is 1. The van der Waals surface area contributed by atoms with E-state index in [1.54, 1.807) is 12.1 Å². The van der Waals surface area contributed by atoms with E-state index in [-0.39, 0.29) is 5.91 Å². The second-order valence-corrected chi connectivity index (χ2v) is 9.39. The number of ether oxygens (including phenoxy) is 1. The molecule has 1 amide bonds. The third-order valence-electron chi connectivity index (χ3n) is 6.33. The van der Waals surface area contributed by atoms with Gasteiger partial charge in [-0.25, -0.2) is 5.43 Å². The smallest absolute Gasteiger partial charge is 0.271 e. The topological polar surface area (TPSA) is 53.9 Å². The SMILES string of the molecule is C/C(=N\NC(=O)c1ccc(COc2ccc(Cl)c(C)c2)cc1)c1ccc(N2CCCCCC2)cc1. The predicted octanol–water partition coefficient (Wildman–Crippen LogP) is 6.76. The highest BCUT2D eigenvalue weighted by molar-refractivity contribution is 6.31. The predicted molar refractivity (Wildman–Crippen MR) is 144 cm³/mol. The van der Waals surface area contributed by atoms with Crippen LogP contribution >= 0.6 is 11.6 Å². The Labute approximate surface area is 212 Å². The van der Waals surface area contributed by atoms with Crippen LogP contribution in [0.3, 0.4) is 0 Å². The van der Waals surface area contributed by atoms with Gasteiger partial charge in [0.25, 0.3) is 5.91 Å². The number of hydrogen-bond acceptors (Lipinski definition) is 4. The molecule has 1 heterocycles. The van der Waals surface area contributed by atoms with E-state index in [1.807, 2.05) is 44.2 Å². The average Bonchev–Trinajstić information content (AvgIpc) is 3.18. The average molecular weight is 490 g/mol. The molecule has 35 heavy (non-hydrogen) atoms. The van der Waals surface area contributed by atoms with Crippen molar-refractivity contribution < 1.29 is 9.53 Å². The third-order valence-corrected chi connectivity index (χ3v) is 6.76. The first kappa shape index (κ1) is 24.8. The van der Waals surface area contributed by atoms with Crippen LogP contribution in [0.15, 0.2) is 71.8 Å². The molecule has 0 bridgehead atoms. The second kappa shape index (κ2) is 11.9. The van der Waals surface area contributed by atoms with Crippen molar-refractivity contribution in [3.05, 3.63) is 94.0 Å². The molecular formula is C29H32ClN3O2. The number of anilines is 1. The molecular weight excluding hydrogens is 458 g/mol. The fourth-order valence-electron chi connectivity index (χ4n) is 4.13. The van der Waals surface area contributed by atoms with Gasteiger partial charge in [0, 0.05) is 29.4 Å². The Kier molecular flexibility index (Phi) is 8.43. The van der Waals surface area contributed by atoms with Gasteiger partial charge in [-0.1, -0.05) is 48.7 Å². The Morgan fingerprint density at radius 2 is 1.60 bits per heavy atom. The number of amides is 1. The zero-order valence-corrected chi connectivity index (χ0v) is 21.1. The third kappa shape index (κ3) is 6.86. The Morgan fingerprint density at radius 3 is 2.26 bits per heavy atom. The van der Waals surface area contributed by atoms with E-state index >= 15 is 0 Å². The standard InChI is InChI=1S/C29H32ClN3O2/c1-21-19-27(15-16-28(21)30)35-20-23-7-9-25(10-8-23)29(34)32-31-22(2)24-11-13-26(14-12-24)33-17-5-3-4-6-18-33/h7-16,19H,3-6,17-18,20H2,1-2H3,(H,32,34)/b31-22+. The number of aryl methyl sites for hydroxylation is 1. The summed E-state index contributed by atoms with van der Waals surface area (Å²) in [6.45, 7) is 6.49. The monoisotopic (exact) mass is 489 g/mol. The first-order chi connectivity index (χ1) is 17.0. The normalized spacial score (nSPS) is 14.4. The lowest BCUT2D eigenvalue weighted by molar-refractivity contribution is 0.0954. The lowest BCUT2D eigenvalue weighted by atomic mass is 10.1. The van der Waals surface area contributed by atoms with Crippen LogP contribution in [0.5, 0.6) is 5.75 Å². The highest BCUT2D eigenvalue weighted by Gasteiger charge is 2.10. The highest BCUT2D eigenvalue weighted by Crippen LogP contribution is 2.22. The molecule has 0 aliphatic carbocycles. The zero-order valence-electron chi connectivity index (χ0n) is 20.4. The first-order valence-electron chi connectivity index (χ1n) is 12.2. The zero-order chi connectivity index (χ0) is 24.6. The summed E-state index contributed by atoms with van der Waals surface area (Å²) in [7, 11) is 0.